The Balaban J connectivity index is 1.83. The van der Waals surface area contributed by atoms with Gasteiger partial charge in [0.05, 0.1) is 89.8 Å². The molecule has 10 atom stereocenters. The number of esters is 8. The predicted molar refractivity (Wildman–Crippen MR) is 150 cm³/mol. The second kappa shape index (κ2) is 10.00. The fraction of sp³-hybridized carbons (Fsp3) is 0.562. The third kappa shape index (κ3) is 2.69. The van der Waals surface area contributed by atoms with Crippen molar-refractivity contribution in [1.82, 2.24) is 0 Å². The number of rotatable bonds is 8. The first-order valence-electron chi connectivity index (χ1n) is 14.6. The van der Waals surface area contributed by atoms with Gasteiger partial charge in [-0.3, -0.25) is 24.0 Å². The van der Waals surface area contributed by atoms with E-state index in [2.05, 4.69) is 0 Å². The van der Waals surface area contributed by atoms with E-state index in [4.69, 9.17) is 37.9 Å². The van der Waals surface area contributed by atoms with Crippen LogP contribution in [0.25, 0.3) is 0 Å². The summed E-state index contributed by atoms with van der Waals surface area (Å²) < 4.78 is 41.4. The first kappa shape index (κ1) is 32.9. The molecule has 0 radical (unpaired) electrons. The van der Waals surface area contributed by atoms with Gasteiger partial charge in [0.25, 0.3) is 0 Å². The van der Waals surface area contributed by atoms with Crippen LogP contribution >= 0.6 is 0 Å². The molecule has 3 saturated carbocycles. The average molecular weight is 673 g/mol. The number of allylic oxidation sites excluding steroid dienone is 1. The van der Waals surface area contributed by atoms with Crippen molar-refractivity contribution in [3.63, 3.8) is 0 Å². The lowest BCUT2D eigenvalue weighted by Crippen LogP contribution is -2.98. The number of carbonyl (C=O) groups is 8. The van der Waals surface area contributed by atoms with Gasteiger partial charge < -0.3 is 37.9 Å². The zero-order chi connectivity index (χ0) is 35.5. The maximum absolute atomic E-state index is 14.5. The van der Waals surface area contributed by atoms with Gasteiger partial charge in [-0.1, -0.05) is 18.2 Å². The summed E-state index contributed by atoms with van der Waals surface area (Å²) in [6, 6.07) is 0. The van der Waals surface area contributed by atoms with E-state index in [0.29, 0.717) is 0 Å². The largest absolute Gasteiger partial charge is 0.469 e. The molecular weight excluding hydrogens is 640 g/mol. The van der Waals surface area contributed by atoms with Crippen molar-refractivity contribution >= 4 is 47.8 Å². The van der Waals surface area contributed by atoms with Crippen LogP contribution in [0.4, 0.5) is 0 Å². The van der Waals surface area contributed by atoms with E-state index in [9.17, 15) is 38.4 Å². The summed E-state index contributed by atoms with van der Waals surface area (Å²) in [6.07, 6.45) is 3.75. The minimum absolute atomic E-state index is 0.297. The van der Waals surface area contributed by atoms with Crippen LogP contribution in [0.5, 0.6) is 0 Å². The molecule has 16 nitrogen and oxygen atoms in total. The molecule has 0 unspecified atom stereocenters. The summed E-state index contributed by atoms with van der Waals surface area (Å²) in [5.74, 6) is -15.8. The van der Waals surface area contributed by atoms with E-state index in [-0.39, 0.29) is 16.7 Å². The molecule has 48 heavy (non-hydrogen) atoms. The molecule has 0 aromatic heterocycles. The highest BCUT2D eigenvalue weighted by Gasteiger charge is 3.05. The topological polar surface area (TPSA) is 210 Å². The lowest BCUT2D eigenvalue weighted by atomic mass is 9.08. The van der Waals surface area contributed by atoms with Gasteiger partial charge in [0.1, 0.15) is 10.8 Å². The van der Waals surface area contributed by atoms with Gasteiger partial charge in [0.15, 0.2) is 0 Å². The smallest absolute Gasteiger partial charge is 0.334 e. The van der Waals surface area contributed by atoms with E-state index in [1.165, 1.54) is 18.2 Å². The molecule has 0 aromatic rings. The van der Waals surface area contributed by atoms with Gasteiger partial charge in [-0.2, -0.15) is 0 Å². The second-order valence-electron chi connectivity index (χ2n) is 12.4. The quantitative estimate of drug-likeness (QED) is 0.176. The van der Waals surface area contributed by atoms with Crippen molar-refractivity contribution in [3.05, 3.63) is 34.9 Å². The molecule has 0 heterocycles. The van der Waals surface area contributed by atoms with E-state index >= 15 is 0 Å². The molecule has 256 valence electrons. The van der Waals surface area contributed by atoms with Crippen LogP contribution in [-0.4, -0.2) is 105 Å². The van der Waals surface area contributed by atoms with E-state index in [0.717, 1.165) is 56.9 Å². The van der Waals surface area contributed by atoms with Crippen LogP contribution in [0.1, 0.15) is 0 Å². The summed E-state index contributed by atoms with van der Waals surface area (Å²) in [5.41, 5.74) is -12.3. The summed E-state index contributed by atoms with van der Waals surface area (Å²) in [5, 5.41) is 0. The summed E-state index contributed by atoms with van der Waals surface area (Å²) >= 11 is 0. The van der Waals surface area contributed by atoms with Gasteiger partial charge in [0, 0.05) is 29.6 Å². The number of ether oxygens (including phenoxy) is 8. The Morgan fingerprint density at radius 3 is 1.35 bits per heavy atom. The maximum atomic E-state index is 14.5. The van der Waals surface area contributed by atoms with Crippen molar-refractivity contribution in [2.45, 2.75) is 0 Å². The highest BCUT2D eigenvalue weighted by atomic mass is 16.6. The van der Waals surface area contributed by atoms with E-state index in [1.807, 2.05) is 0 Å². The molecule has 3 fully saturated rings. The van der Waals surface area contributed by atoms with Crippen LogP contribution in [-0.2, 0) is 76.3 Å². The average Bonchev–Trinajstić information content (AvgIpc) is 3.08. The third-order valence-electron chi connectivity index (χ3n) is 12.1. The van der Waals surface area contributed by atoms with Crippen molar-refractivity contribution in [2.75, 3.05) is 56.9 Å². The van der Waals surface area contributed by atoms with E-state index < -0.39 is 104 Å². The molecule has 0 saturated heterocycles. The fourth-order valence-corrected chi connectivity index (χ4v) is 11.0. The molecular formula is C32H32O16. The molecule has 16 heteroatoms. The zero-order valence-corrected chi connectivity index (χ0v) is 27.2. The van der Waals surface area contributed by atoms with Gasteiger partial charge in [0.2, 0.25) is 0 Å². The normalized spacial score (nSPS) is 39.7. The van der Waals surface area contributed by atoms with Crippen LogP contribution in [0.3, 0.4) is 0 Å². The maximum Gasteiger partial charge on any atom is 0.334 e. The number of fused-ring (bicyclic) bond motifs is 4. The first-order valence-corrected chi connectivity index (χ1v) is 14.6. The Morgan fingerprint density at radius 2 is 0.938 bits per heavy atom. The molecule has 0 N–H and O–H groups in total. The minimum atomic E-state index is -2.38. The van der Waals surface area contributed by atoms with Crippen LogP contribution < -0.4 is 0 Å². The SMILES string of the molecule is COC(=O)C1=C[C@H]2[C@@]3(C(=O)OC)C=C[C@](C(=O)OC)([C@@H]4[C@H]3[C@@]3(C(=O)OC)[C@@H]5C(C(=O)OC)=C(C(=O)OC)[C@@H]5[C@@]43C(=O)OC)[C@@]12C(=O)OC. The Labute approximate surface area is 272 Å². The molecule has 2 bridgehead atoms. The number of hydrogen-bond acceptors (Lipinski definition) is 16. The summed E-state index contributed by atoms with van der Waals surface area (Å²) in [4.78, 5) is 112. The van der Waals surface area contributed by atoms with Crippen LogP contribution in [0.15, 0.2) is 34.9 Å². The van der Waals surface area contributed by atoms with Gasteiger partial charge in [-0.25, -0.2) is 14.4 Å². The van der Waals surface area contributed by atoms with Crippen molar-refractivity contribution < 1.29 is 76.3 Å². The molecule has 0 aromatic carbocycles. The third-order valence-corrected chi connectivity index (χ3v) is 12.1. The molecule has 7 aliphatic rings. The van der Waals surface area contributed by atoms with Crippen molar-refractivity contribution in [2.24, 2.45) is 56.7 Å². The Kier molecular flexibility index (Phi) is 6.85. The Hall–Kier alpha value is -5.02. The second-order valence-corrected chi connectivity index (χ2v) is 12.4. The van der Waals surface area contributed by atoms with Gasteiger partial charge in [-0.15, -0.1) is 0 Å². The minimum Gasteiger partial charge on any atom is -0.469 e. The zero-order valence-electron chi connectivity index (χ0n) is 27.2. The van der Waals surface area contributed by atoms with Gasteiger partial charge >= 0.3 is 47.8 Å². The molecule has 7 rings (SSSR count). The molecule has 0 amide bonds. The Morgan fingerprint density at radius 1 is 0.500 bits per heavy atom. The lowest BCUT2D eigenvalue weighted by molar-refractivity contribution is -0.401. The van der Waals surface area contributed by atoms with Crippen LogP contribution in [0.2, 0.25) is 0 Å². The first-order chi connectivity index (χ1) is 22.8. The van der Waals surface area contributed by atoms with Crippen molar-refractivity contribution in [3.8, 4) is 0 Å². The predicted octanol–water partition coefficient (Wildman–Crippen LogP) is -0.756. The fourth-order valence-electron chi connectivity index (χ4n) is 11.0. The highest BCUT2D eigenvalue weighted by Crippen LogP contribution is 2.97. The van der Waals surface area contributed by atoms with Gasteiger partial charge in [-0.05, 0) is 0 Å². The molecule has 0 aliphatic heterocycles. The Bertz CT molecular complexity index is 1740. The van der Waals surface area contributed by atoms with Crippen LogP contribution in [0, 0.1) is 56.7 Å². The number of carbonyl (C=O) groups excluding carboxylic acids is 8. The lowest BCUT2D eigenvalue weighted by Gasteiger charge is -2.89. The van der Waals surface area contributed by atoms with E-state index in [1.54, 1.807) is 0 Å². The summed E-state index contributed by atoms with van der Waals surface area (Å²) in [7, 11) is 8.21. The highest BCUT2D eigenvalue weighted by molar-refractivity contribution is 6.14. The monoisotopic (exact) mass is 672 g/mol. The molecule has 0 spiro atoms. The number of hydrogen-bond donors (Lipinski definition) is 0. The standard InChI is InChI=1S/C32H32O16/c1-41-20(33)12-11-13-28(23(36)44-4)9-10-29(24(37)45-5,30(12,13)25(38)46-6)19-18(28)31(26(39)47-7)16-14(21(34)42-2)15(22(35)43-3)17(16)32(19,31)27(40)48-8/h9-11,13,16-19H,1-8H3/t13-,16+,17-,18+,19-,28-,29+,30-,31+,32-/m0/s1. The number of methoxy groups -OCH3 is 8. The summed E-state index contributed by atoms with van der Waals surface area (Å²) in [6.45, 7) is 0. The van der Waals surface area contributed by atoms with Crippen molar-refractivity contribution in [1.29, 1.82) is 0 Å². The molecule has 7 aliphatic carbocycles.